The van der Waals surface area contributed by atoms with E-state index >= 15 is 0 Å². The molecule has 1 amide bonds. The van der Waals surface area contributed by atoms with E-state index < -0.39 is 12.1 Å². The van der Waals surface area contributed by atoms with E-state index in [2.05, 4.69) is 20.2 Å². The number of nitrogens with zero attached hydrogens (tertiary/aromatic N) is 4. The number of hydrogen-bond acceptors (Lipinski definition) is 7. The monoisotopic (exact) mass is 453 g/mol. The summed E-state index contributed by atoms with van der Waals surface area (Å²) >= 11 is 0. The molecule has 1 atom stereocenters. The number of carbonyl (C=O) groups excluding carboxylic acids is 1. The number of ether oxygens (including phenoxy) is 1. The number of anilines is 3. The van der Waals surface area contributed by atoms with Crippen LogP contribution in [0.5, 0.6) is 0 Å². The summed E-state index contributed by atoms with van der Waals surface area (Å²) < 4.78 is 37.2. The summed E-state index contributed by atoms with van der Waals surface area (Å²) in [6.07, 6.45) is -3.53. The van der Waals surface area contributed by atoms with Crippen LogP contribution < -0.4 is 15.1 Å². The summed E-state index contributed by atoms with van der Waals surface area (Å²) in [6.45, 7) is 5.20. The van der Waals surface area contributed by atoms with Gasteiger partial charge in [-0.1, -0.05) is 30.3 Å². The highest BCUT2D eigenvalue weighted by Gasteiger charge is 2.38. The molecule has 9 nitrogen and oxygen atoms in total. The van der Waals surface area contributed by atoms with Gasteiger partial charge in [0.2, 0.25) is 5.91 Å². The van der Waals surface area contributed by atoms with Gasteiger partial charge in [0.15, 0.2) is 11.6 Å². The Morgan fingerprint density at radius 3 is 2.44 bits per heavy atom. The molecule has 1 aromatic heterocycles. The predicted octanol–water partition coefficient (Wildman–Crippen LogP) is 2.29. The Bertz CT molecular complexity index is 952. The number of carboxylic acid groups (broad SMARTS) is 1. The number of morpholine rings is 1. The van der Waals surface area contributed by atoms with Gasteiger partial charge in [0.1, 0.15) is 18.1 Å². The third-order valence-electron chi connectivity index (χ3n) is 4.80. The molecule has 172 valence electrons. The van der Waals surface area contributed by atoms with Crippen molar-refractivity contribution < 1.29 is 32.6 Å². The molecule has 1 unspecified atom stereocenters. The fourth-order valence-corrected chi connectivity index (χ4v) is 3.26. The largest absolute Gasteiger partial charge is 0.490 e. The molecule has 1 saturated heterocycles. The van der Waals surface area contributed by atoms with Crippen LogP contribution in [0.15, 0.2) is 36.7 Å². The van der Waals surface area contributed by atoms with Crippen molar-refractivity contribution in [3.8, 4) is 0 Å². The van der Waals surface area contributed by atoms with Crippen LogP contribution in [0.25, 0.3) is 0 Å². The fraction of sp³-hybridized carbons (Fsp3) is 0.400. The first-order chi connectivity index (χ1) is 15.2. The van der Waals surface area contributed by atoms with E-state index in [-0.39, 0.29) is 11.9 Å². The van der Waals surface area contributed by atoms with Crippen LogP contribution in [-0.4, -0.2) is 65.5 Å². The van der Waals surface area contributed by atoms with Crippen LogP contribution in [0.2, 0.25) is 0 Å². The number of carboxylic acids is 1. The van der Waals surface area contributed by atoms with Crippen molar-refractivity contribution in [2.24, 2.45) is 0 Å². The maximum Gasteiger partial charge on any atom is 0.490 e. The molecule has 2 aliphatic rings. The number of amides is 1. The highest BCUT2D eigenvalue weighted by Crippen LogP contribution is 2.38. The number of hydrogen-bond donors (Lipinski definition) is 2. The average molecular weight is 453 g/mol. The van der Waals surface area contributed by atoms with Gasteiger partial charge in [0.25, 0.3) is 0 Å². The lowest BCUT2D eigenvalue weighted by atomic mass is 10.1. The van der Waals surface area contributed by atoms with Crippen molar-refractivity contribution >= 4 is 29.2 Å². The van der Waals surface area contributed by atoms with Crippen molar-refractivity contribution in [1.82, 2.24) is 9.97 Å². The second kappa shape index (κ2) is 9.81. The number of benzene rings is 1. The molecule has 4 rings (SSSR count). The molecular weight excluding hydrogens is 431 g/mol. The molecule has 0 radical (unpaired) electrons. The van der Waals surface area contributed by atoms with Gasteiger partial charge in [-0.2, -0.15) is 13.2 Å². The summed E-state index contributed by atoms with van der Waals surface area (Å²) in [5.41, 5.74) is 1.84. The Morgan fingerprint density at radius 1 is 1.22 bits per heavy atom. The topological polar surface area (TPSA) is 108 Å². The number of fused-ring (bicyclic) bond motifs is 1. The van der Waals surface area contributed by atoms with E-state index in [9.17, 15) is 18.0 Å². The van der Waals surface area contributed by atoms with Gasteiger partial charge < -0.3 is 20.1 Å². The zero-order valence-corrected chi connectivity index (χ0v) is 17.2. The second-order valence-electron chi connectivity index (χ2n) is 7.07. The average Bonchev–Trinajstić information content (AvgIpc) is 2.77. The molecule has 1 aromatic carbocycles. The molecule has 3 heterocycles. The highest BCUT2D eigenvalue weighted by molar-refractivity contribution is 6.06. The maximum absolute atomic E-state index is 12.9. The lowest BCUT2D eigenvalue weighted by Gasteiger charge is -2.37. The zero-order valence-electron chi connectivity index (χ0n) is 17.2. The van der Waals surface area contributed by atoms with Crippen molar-refractivity contribution in [2.75, 3.05) is 41.4 Å². The highest BCUT2D eigenvalue weighted by atomic mass is 19.4. The van der Waals surface area contributed by atoms with Crippen molar-refractivity contribution in [3.63, 3.8) is 0 Å². The third kappa shape index (κ3) is 5.44. The molecule has 32 heavy (non-hydrogen) atoms. The zero-order chi connectivity index (χ0) is 23.3. The van der Waals surface area contributed by atoms with Crippen LogP contribution in [0.4, 0.5) is 30.5 Å². The van der Waals surface area contributed by atoms with Crippen LogP contribution in [0, 0.1) is 0 Å². The summed E-state index contributed by atoms with van der Waals surface area (Å²) in [7, 11) is 0. The van der Waals surface area contributed by atoms with E-state index in [0.717, 1.165) is 30.2 Å². The first-order valence-corrected chi connectivity index (χ1v) is 9.78. The van der Waals surface area contributed by atoms with Crippen LogP contribution in [0.3, 0.4) is 0 Å². The van der Waals surface area contributed by atoms with E-state index in [1.807, 2.05) is 37.3 Å². The Hall–Kier alpha value is -3.41. The van der Waals surface area contributed by atoms with Gasteiger partial charge >= 0.3 is 12.1 Å². The molecule has 0 bridgehead atoms. The molecule has 2 aliphatic heterocycles. The van der Waals surface area contributed by atoms with Gasteiger partial charge in [0, 0.05) is 13.1 Å². The molecule has 2 N–H and O–H groups in total. The number of rotatable bonds is 3. The van der Waals surface area contributed by atoms with Crippen LogP contribution in [0.1, 0.15) is 12.5 Å². The van der Waals surface area contributed by atoms with Gasteiger partial charge in [-0.05, 0) is 12.5 Å². The third-order valence-corrected chi connectivity index (χ3v) is 4.80. The summed E-state index contributed by atoms with van der Waals surface area (Å²) in [5.74, 6) is -1.23. The van der Waals surface area contributed by atoms with E-state index in [4.69, 9.17) is 14.6 Å². The second-order valence-corrected chi connectivity index (χ2v) is 7.07. The number of carbonyl (C=O) groups is 2. The Balaban J connectivity index is 0.000000360. The molecule has 2 aromatic rings. The molecular formula is C20H22F3N5O4. The number of aliphatic carboxylic acids is 1. The van der Waals surface area contributed by atoms with Gasteiger partial charge in [-0.15, -0.1) is 0 Å². The van der Waals surface area contributed by atoms with E-state index in [0.29, 0.717) is 25.6 Å². The van der Waals surface area contributed by atoms with Crippen LogP contribution in [-0.2, 0) is 20.9 Å². The summed E-state index contributed by atoms with van der Waals surface area (Å²) in [6, 6.07) is 9.68. The SMILES string of the molecule is CC1Nc2ncnc(N3CCOCC3)c2N(Cc2ccccc2)C1=O.O=C(O)C(F)(F)F. The normalized spacial score (nSPS) is 18.2. The molecule has 0 saturated carbocycles. The number of nitrogens with one attached hydrogen (secondary N) is 1. The number of halogens is 3. The fourth-order valence-electron chi connectivity index (χ4n) is 3.26. The molecule has 12 heteroatoms. The maximum atomic E-state index is 12.9. The van der Waals surface area contributed by atoms with Gasteiger partial charge in [-0.3, -0.25) is 9.69 Å². The lowest BCUT2D eigenvalue weighted by Crippen LogP contribution is -2.47. The smallest absolute Gasteiger partial charge is 0.475 e. The summed E-state index contributed by atoms with van der Waals surface area (Å²) in [5, 5.41) is 10.3. The lowest BCUT2D eigenvalue weighted by molar-refractivity contribution is -0.192. The quantitative estimate of drug-likeness (QED) is 0.729. The number of alkyl halides is 3. The Kier molecular flexibility index (Phi) is 7.13. The minimum Gasteiger partial charge on any atom is -0.475 e. The van der Waals surface area contributed by atoms with Crippen molar-refractivity contribution in [1.29, 1.82) is 0 Å². The minimum absolute atomic E-state index is 0.0284. The van der Waals surface area contributed by atoms with Crippen LogP contribution >= 0.6 is 0 Å². The van der Waals surface area contributed by atoms with E-state index in [1.54, 1.807) is 11.2 Å². The van der Waals surface area contributed by atoms with Crippen molar-refractivity contribution in [2.45, 2.75) is 25.7 Å². The molecule has 0 spiro atoms. The predicted molar refractivity (Wildman–Crippen MR) is 109 cm³/mol. The van der Waals surface area contributed by atoms with E-state index in [1.165, 1.54) is 0 Å². The summed E-state index contributed by atoms with van der Waals surface area (Å²) in [4.78, 5) is 34.6. The number of aromatic nitrogens is 2. The Labute approximate surface area is 181 Å². The standard InChI is InChI=1S/C18H21N5O2.C2HF3O2/c1-13-18(24)23(11-14-5-3-2-4-6-14)15-16(21-13)19-12-20-17(15)22-7-9-25-10-8-22;3-2(4,5)1(6)7/h2-6,12-13H,7-11H2,1H3,(H,19,20,21);(H,6,7). The van der Waals surface area contributed by atoms with Gasteiger partial charge in [0.05, 0.1) is 19.8 Å². The Morgan fingerprint density at radius 2 is 1.84 bits per heavy atom. The molecule has 1 fully saturated rings. The van der Waals surface area contributed by atoms with Crippen molar-refractivity contribution in [3.05, 3.63) is 42.2 Å². The first kappa shape index (κ1) is 23.3. The first-order valence-electron chi connectivity index (χ1n) is 9.78. The minimum atomic E-state index is -5.08. The van der Waals surface area contributed by atoms with Gasteiger partial charge in [-0.25, -0.2) is 14.8 Å². The molecule has 0 aliphatic carbocycles.